The number of hydrogen-bond acceptors (Lipinski definition) is 7. The summed E-state index contributed by atoms with van der Waals surface area (Å²) >= 11 is 0. The molecular weight excluding hydrogens is 480 g/mol. The average Bonchev–Trinajstić information content (AvgIpc) is 2.92. The Morgan fingerprint density at radius 2 is 1.95 bits per heavy atom. The van der Waals surface area contributed by atoms with Crippen LogP contribution in [-0.2, 0) is 20.8 Å². The lowest BCUT2D eigenvalue weighted by atomic mass is 9.98. The minimum Gasteiger partial charge on any atom is -0.494 e. The molecule has 1 aromatic rings. The fourth-order valence-electron chi connectivity index (χ4n) is 4.71. The summed E-state index contributed by atoms with van der Waals surface area (Å²) in [7, 11) is 0. The van der Waals surface area contributed by atoms with E-state index in [1.165, 1.54) is 0 Å². The quantitative estimate of drug-likeness (QED) is 0.251. The van der Waals surface area contributed by atoms with Gasteiger partial charge in [0, 0.05) is 32.0 Å². The Morgan fingerprint density at radius 1 is 1.16 bits per heavy atom. The van der Waals surface area contributed by atoms with Gasteiger partial charge in [0.1, 0.15) is 11.9 Å². The van der Waals surface area contributed by atoms with E-state index in [2.05, 4.69) is 42.0 Å². The number of aliphatic imine (C=N–C) groups is 1. The number of allylic oxidation sites excluding steroid dienone is 3. The Kier molecular flexibility index (Phi) is 12.1. The van der Waals surface area contributed by atoms with Crippen molar-refractivity contribution in [2.75, 3.05) is 26.3 Å². The van der Waals surface area contributed by atoms with E-state index in [1.54, 1.807) is 6.07 Å². The minimum atomic E-state index is -0.100. The second-order valence-corrected chi connectivity index (χ2v) is 9.59. The highest BCUT2D eigenvalue weighted by molar-refractivity contribution is 6.03. The number of hydrogen-bond donors (Lipinski definition) is 1. The molecule has 2 aliphatic heterocycles. The molecule has 0 spiro atoms. The number of rotatable bonds is 8. The van der Waals surface area contributed by atoms with E-state index in [0.29, 0.717) is 35.7 Å². The summed E-state index contributed by atoms with van der Waals surface area (Å²) in [5, 5.41) is 13.2. The van der Waals surface area contributed by atoms with Crippen molar-refractivity contribution in [2.45, 2.75) is 77.7 Å². The molecular formula is C30H42N4O4. The number of amides is 1. The zero-order valence-corrected chi connectivity index (χ0v) is 22.9. The Hall–Kier alpha value is -3.42. The molecule has 1 N–H and O–H groups in total. The summed E-state index contributed by atoms with van der Waals surface area (Å²) in [6, 6.07) is 3.68. The molecule has 0 radical (unpaired) electrons. The van der Waals surface area contributed by atoms with Crippen LogP contribution in [0.2, 0.25) is 0 Å². The lowest BCUT2D eigenvalue weighted by Gasteiger charge is -2.26. The van der Waals surface area contributed by atoms with Gasteiger partial charge in [-0.15, -0.1) is 0 Å². The predicted molar refractivity (Wildman–Crippen MR) is 153 cm³/mol. The van der Waals surface area contributed by atoms with Gasteiger partial charge in [-0.2, -0.15) is 0 Å². The lowest BCUT2D eigenvalue weighted by Crippen LogP contribution is -2.37. The van der Waals surface area contributed by atoms with Crippen LogP contribution >= 0.6 is 0 Å². The van der Waals surface area contributed by atoms with Gasteiger partial charge in [-0.1, -0.05) is 36.7 Å². The summed E-state index contributed by atoms with van der Waals surface area (Å²) in [6.45, 7) is 9.73. The number of oxime groups is 1. The van der Waals surface area contributed by atoms with Crippen LogP contribution in [0.4, 0.5) is 5.69 Å². The molecule has 1 atom stereocenters. The molecule has 2 aliphatic rings. The largest absolute Gasteiger partial charge is 0.494 e. The number of likely N-dealkylation sites (tertiary alicyclic amines) is 1. The molecule has 0 aromatic heterocycles. The van der Waals surface area contributed by atoms with Crippen LogP contribution in [0.15, 0.2) is 46.6 Å². The molecule has 0 saturated carbocycles. The molecule has 1 aromatic carbocycles. The highest BCUT2D eigenvalue weighted by atomic mass is 16.6. The number of ether oxygens (including phenoxy) is 2. The number of benzene rings is 1. The molecule has 1 fully saturated rings. The number of fused-ring (bicyclic) bond motifs is 1. The first-order valence-electron chi connectivity index (χ1n) is 13.9. The van der Waals surface area contributed by atoms with Gasteiger partial charge in [-0.3, -0.25) is 15.2 Å². The summed E-state index contributed by atoms with van der Waals surface area (Å²) in [5.41, 5.74) is 2.51. The first-order chi connectivity index (χ1) is 18.5. The third-order valence-corrected chi connectivity index (χ3v) is 6.60. The van der Waals surface area contributed by atoms with Crippen LogP contribution < -0.4 is 4.74 Å². The molecule has 2 heterocycles. The monoisotopic (exact) mass is 522 g/mol. The lowest BCUT2D eigenvalue weighted by molar-refractivity contribution is -0.137. The molecule has 206 valence electrons. The van der Waals surface area contributed by atoms with Gasteiger partial charge in [0.05, 0.1) is 23.6 Å². The topological polar surface area (TPSA) is 96.6 Å². The fraction of sp³-hybridized carbons (Fsp3) is 0.533. The van der Waals surface area contributed by atoms with Crippen molar-refractivity contribution in [1.82, 2.24) is 4.90 Å². The maximum atomic E-state index is 12.6. The van der Waals surface area contributed by atoms with Gasteiger partial charge >= 0.3 is 0 Å². The van der Waals surface area contributed by atoms with E-state index in [9.17, 15) is 4.79 Å². The second kappa shape index (κ2) is 15.7. The predicted octanol–water partition coefficient (Wildman–Crippen LogP) is 6.15. The molecule has 0 aliphatic carbocycles. The van der Waals surface area contributed by atoms with Crippen molar-refractivity contribution < 1.29 is 19.1 Å². The van der Waals surface area contributed by atoms with Crippen LogP contribution in [-0.4, -0.2) is 61.5 Å². The molecule has 8 nitrogen and oxygen atoms in total. The molecule has 38 heavy (non-hydrogen) atoms. The first kappa shape index (κ1) is 29.1. The molecule has 1 amide bonds. The third kappa shape index (κ3) is 8.85. The van der Waals surface area contributed by atoms with E-state index in [1.807, 2.05) is 24.0 Å². The Morgan fingerprint density at radius 3 is 2.68 bits per heavy atom. The highest BCUT2D eigenvalue weighted by Crippen LogP contribution is 2.31. The van der Waals surface area contributed by atoms with Gasteiger partial charge in [0.2, 0.25) is 5.90 Å². The molecule has 8 heteroatoms. The second-order valence-electron chi connectivity index (χ2n) is 9.59. The van der Waals surface area contributed by atoms with Crippen LogP contribution in [0.25, 0.3) is 0 Å². The summed E-state index contributed by atoms with van der Waals surface area (Å²) < 4.78 is 12.0. The molecule has 0 bridgehead atoms. The molecule has 3 rings (SSSR count). The van der Waals surface area contributed by atoms with E-state index in [4.69, 9.17) is 19.7 Å². The number of nitrogens with zero attached hydrogens (tertiary/aromatic N) is 3. The highest BCUT2D eigenvalue weighted by Gasteiger charge is 2.21. The van der Waals surface area contributed by atoms with Crippen LogP contribution in [0.1, 0.15) is 76.3 Å². The first-order valence-corrected chi connectivity index (χ1v) is 13.9. The fourth-order valence-corrected chi connectivity index (χ4v) is 4.71. The number of nitrogens with one attached hydrogen (secondary N) is 1. The Balaban J connectivity index is 1.93. The average molecular weight is 523 g/mol. The van der Waals surface area contributed by atoms with E-state index in [0.717, 1.165) is 70.0 Å². The van der Waals surface area contributed by atoms with E-state index < -0.39 is 0 Å². The summed E-state index contributed by atoms with van der Waals surface area (Å²) in [6.07, 6.45) is 16.0. The third-order valence-electron chi connectivity index (χ3n) is 6.60. The van der Waals surface area contributed by atoms with Gasteiger partial charge in [0.25, 0.3) is 5.91 Å². The molecule has 1 unspecified atom stereocenters. The van der Waals surface area contributed by atoms with Gasteiger partial charge < -0.3 is 19.2 Å². The van der Waals surface area contributed by atoms with Crippen LogP contribution in [0.5, 0.6) is 5.75 Å². The standard InChI is InChI=1S/C30H42N4O4/c1-4-14-25-16-11-8-6-7-10-15-24(33-37-22-28(35)34-17-12-9-13-18-34)19-23-20-26(36-5-2)21-27(32-3)29(23)30(31)38-25/h8,10-11,15,20-21,25,31H,3-7,9,12-14,16-19,22H2,1-2H3/b11-8+,15-10+,31-30?,33-24-. The number of piperidine rings is 1. The van der Waals surface area contributed by atoms with Crippen molar-refractivity contribution in [1.29, 1.82) is 5.41 Å². The van der Waals surface area contributed by atoms with Crippen LogP contribution in [0.3, 0.4) is 0 Å². The van der Waals surface area contributed by atoms with E-state index >= 15 is 0 Å². The maximum Gasteiger partial charge on any atom is 0.263 e. The Labute approximate surface area is 226 Å². The summed E-state index contributed by atoms with van der Waals surface area (Å²) in [5.74, 6) is 0.650. The Bertz CT molecular complexity index is 1040. The normalized spacial score (nSPS) is 21.5. The van der Waals surface area contributed by atoms with Crippen molar-refractivity contribution >= 4 is 29.9 Å². The van der Waals surface area contributed by atoms with Gasteiger partial charge in [-0.05, 0) is 69.9 Å². The maximum absolute atomic E-state index is 12.6. The molecule has 1 saturated heterocycles. The van der Waals surface area contributed by atoms with Crippen LogP contribution in [0, 0.1) is 5.41 Å². The van der Waals surface area contributed by atoms with Crippen molar-refractivity contribution in [3.05, 3.63) is 47.6 Å². The minimum absolute atomic E-state index is 0.0432. The zero-order valence-electron chi connectivity index (χ0n) is 22.9. The van der Waals surface area contributed by atoms with E-state index in [-0.39, 0.29) is 24.5 Å². The van der Waals surface area contributed by atoms with Crippen molar-refractivity contribution in [3.8, 4) is 5.75 Å². The summed E-state index contributed by atoms with van der Waals surface area (Å²) in [4.78, 5) is 24.2. The van der Waals surface area contributed by atoms with Crippen molar-refractivity contribution in [2.24, 2.45) is 10.1 Å². The number of carbonyl (C=O) groups excluding carboxylic acids is 1. The SMILES string of the molecule is C=Nc1cc(OCC)cc2c1C(=N)OC(CCC)C/C=C/CC/C=C/C(=N/OCC(=O)N1CCCCC1)C2. The smallest absolute Gasteiger partial charge is 0.263 e. The zero-order chi connectivity index (χ0) is 27.2. The van der Waals surface area contributed by atoms with Crippen molar-refractivity contribution in [3.63, 3.8) is 0 Å². The van der Waals surface area contributed by atoms with Gasteiger partial charge in [-0.25, -0.2) is 0 Å². The number of carbonyl (C=O) groups is 1. The van der Waals surface area contributed by atoms with Gasteiger partial charge in [0.15, 0.2) is 6.61 Å².